The van der Waals surface area contributed by atoms with Crippen molar-refractivity contribution in [2.24, 2.45) is 5.73 Å². The summed E-state index contributed by atoms with van der Waals surface area (Å²) < 4.78 is 0. The number of benzene rings is 1. The minimum atomic E-state index is -0.826. The number of nitrogens with zero attached hydrogens (tertiary/aromatic N) is 1. The maximum atomic E-state index is 12.3. The minimum Gasteiger partial charge on any atom is -0.368 e. The molecule has 1 unspecified atom stereocenters. The summed E-state index contributed by atoms with van der Waals surface area (Å²) in [5, 5.41) is 5.09. The fraction of sp³-hybridized carbons (Fsp3) is 0.176. The molecule has 0 radical (unpaired) electrons. The quantitative estimate of drug-likeness (QED) is 0.665. The lowest BCUT2D eigenvalue weighted by molar-refractivity contribution is -0.126. The molecule has 7 nitrogen and oxygen atoms in total. The van der Waals surface area contributed by atoms with Crippen molar-refractivity contribution in [2.45, 2.75) is 12.5 Å². The van der Waals surface area contributed by atoms with E-state index in [2.05, 4.69) is 15.6 Å². The highest BCUT2D eigenvalue weighted by Crippen LogP contribution is 2.05. The molecule has 24 heavy (non-hydrogen) atoms. The summed E-state index contributed by atoms with van der Waals surface area (Å²) in [6.45, 7) is -0.282. The Morgan fingerprint density at radius 3 is 2.33 bits per heavy atom. The van der Waals surface area contributed by atoms with Gasteiger partial charge in [0.05, 0.1) is 6.54 Å². The van der Waals surface area contributed by atoms with Crippen molar-refractivity contribution in [1.29, 1.82) is 0 Å². The summed E-state index contributed by atoms with van der Waals surface area (Å²) in [4.78, 5) is 39.2. The van der Waals surface area contributed by atoms with Gasteiger partial charge >= 0.3 is 0 Å². The Labute approximate surface area is 139 Å². The first kappa shape index (κ1) is 17.1. The highest BCUT2D eigenvalue weighted by molar-refractivity contribution is 5.98. The van der Waals surface area contributed by atoms with Gasteiger partial charge in [-0.05, 0) is 17.7 Å². The van der Waals surface area contributed by atoms with Gasteiger partial charge in [0.25, 0.3) is 5.91 Å². The van der Waals surface area contributed by atoms with E-state index in [0.717, 1.165) is 5.56 Å². The first-order chi connectivity index (χ1) is 11.6. The fourth-order valence-corrected chi connectivity index (χ4v) is 2.10. The molecule has 0 saturated carbocycles. The molecule has 2 aromatic rings. The summed E-state index contributed by atoms with van der Waals surface area (Å²) in [6, 6.07) is 11.5. The Kier molecular flexibility index (Phi) is 6.01. The van der Waals surface area contributed by atoms with Gasteiger partial charge in [0.1, 0.15) is 6.04 Å². The molecule has 7 heteroatoms. The van der Waals surface area contributed by atoms with Crippen LogP contribution in [0.25, 0.3) is 0 Å². The van der Waals surface area contributed by atoms with Gasteiger partial charge in [0.2, 0.25) is 11.8 Å². The van der Waals surface area contributed by atoms with Crippen LogP contribution in [-0.2, 0) is 16.0 Å². The molecule has 1 heterocycles. The van der Waals surface area contributed by atoms with Gasteiger partial charge in [-0.1, -0.05) is 30.3 Å². The molecule has 0 aliphatic carbocycles. The zero-order valence-corrected chi connectivity index (χ0v) is 12.9. The first-order valence-electron chi connectivity index (χ1n) is 7.37. The standard InChI is InChI=1S/C17H18N4O3/c18-15(22)11-20-17(24)14(10-12-4-2-1-3-5-12)21-16(23)13-6-8-19-9-7-13/h1-9,14H,10-11H2,(H2,18,22)(H,20,24)(H,21,23). The second kappa shape index (κ2) is 8.42. The summed E-state index contributed by atoms with van der Waals surface area (Å²) in [5.41, 5.74) is 6.31. The molecule has 0 aliphatic heterocycles. The molecule has 2 rings (SSSR count). The van der Waals surface area contributed by atoms with E-state index in [1.807, 2.05) is 30.3 Å². The van der Waals surface area contributed by atoms with E-state index in [9.17, 15) is 14.4 Å². The van der Waals surface area contributed by atoms with Crippen LogP contribution in [0.4, 0.5) is 0 Å². The monoisotopic (exact) mass is 326 g/mol. The lowest BCUT2D eigenvalue weighted by atomic mass is 10.0. The number of hydrogen-bond donors (Lipinski definition) is 3. The van der Waals surface area contributed by atoms with Gasteiger partial charge in [-0.15, -0.1) is 0 Å². The van der Waals surface area contributed by atoms with E-state index in [1.165, 1.54) is 12.4 Å². The number of carbonyl (C=O) groups excluding carboxylic acids is 3. The molecule has 4 N–H and O–H groups in total. The van der Waals surface area contributed by atoms with Crippen LogP contribution >= 0.6 is 0 Å². The molecule has 124 valence electrons. The Morgan fingerprint density at radius 2 is 1.71 bits per heavy atom. The topological polar surface area (TPSA) is 114 Å². The highest BCUT2D eigenvalue weighted by atomic mass is 16.2. The number of nitrogens with two attached hydrogens (primary N) is 1. The normalized spacial score (nSPS) is 11.3. The third kappa shape index (κ3) is 5.20. The van der Waals surface area contributed by atoms with E-state index in [0.29, 0.717) is 12.0 Å². The van der Waals surface area contributed by atoms with Crippen LogP contribution in [0.5, 0.6) is 0 Å². The number of pyridine rings is 1. The summed E-state index contributed by atoms with van der Waals surface area (Å²) in [5.74, 6) is -1.52. The molecule has 3 amide bonds. The Hall–Kier alpha value is -3.22. The zero-order chi connectivity index (χ0) is 17.4. The van der Waals surface area contributed by atoms with Crippen LogP contribution in [0.2, 0.25) is 0 Å². The number of primary amides is 1. The maximum Gasteiger partial charge on any atom is 0.252 e. The molecule has 0 bridgehead atoms. The van der Waals surface area contributed by atoms with Gasteiger partial charge in [-0.25, -0.2) is 0 Å². The third-order valence-electron chi connectivity index (χ3n) is 3.28. The first-order valence-corrected chi connectivity index (χ1v) is 7.37. The molecule has 0 saturated heterocycles. The molecular weight excluding hydrogens is 308 g/mol. The minimum absolute atomic E-state index is 0.282. The highest BCUT2D eigenvalue weighted by Gasteiger charge is 2.22. The fourth-order valence-electron chi connectivity index (χ4n) is 2.10. The Balaban J connectivity index is 2.11. The largest absolute Gasteiger partial charge is 0.368 e. The summed E-state index contributed by atoms with van der Waals surface area (Å²) >= 11 is 0. The number of hydrogen-bond acceptors (Lipinski definition) is 4. The van der Waals surface area contributed by atoms with E-state index >= 15 is 0 Å². The molecule has 0 spiro atoms. The molecule has 1 aromatic carbocycles. The Bertz CT molecular complexity index is 704. The molecule has 0 fully saturated rings. The van der Waals surface area contributed by atoms with Gasteiger partial charge in [0, 0.05) is 24.4 Å². The van der Waals surface area contributed by atoms with Crippen molar-refractivity contribution in [3.63, 3.8) is 0 Å². The predicted molar refractivity (Wildman–Crippen MR) is 87.8 cm³/mol. The average molecular weight is 326 g/mol. The van der Waals surface area contributed by atoms with Gasteiger partial charge in [-0.3, -0.25) is 19.4 Å². The lowest BCUT2D eigenvalue weighted by Crippen LogP contribution is -2.49. The van der Waals surface area contributed by atoms with Crippen molar-refractivity contribution < 1.29 is 14.4 Å². The van der Waals surface area contributed by atoms with Crippen LogP contribution < -0.4 is 16.4 Å². The summed E-state index contributed by atoms with van der Waals surface area (Å²) in [6.07, 6.45) is 3.28. The van der Waals surface area contributed by atoms with Crippen LogP contribution in [0.15, 0.2) is 54.9 Å². The maximum absolute atomic E-state index is 12.3. The van der Waals surface area contributed by atoms with Crippen LogP contribution in [0.1, 0.15) is 15.9 Å². The predicted octanol–water partition coefficient (Wildman–Crippen LogP) is 0.0242. The number of nitrogens with one attached hydrogen (secondary N) is 2. The second-order valence-corrected chi connectivity index (χ2v) is 5.14. The second-order valence-electron chi connectivity index (χ2n) is 5.14. The van der Waals surface area contributed by atoms with E-state index in [4.69, 9.17) is 5.73 Å². The van der Waals surface area contributed by atoms with E-state index in [1.54, 1.807) is 12.1 Å². The van der Waals surface area contributed by atoms with Crippen LogP contribution in [0.3, 0.4) is 0 Å². The number of carbonyl (C=O) groups is 3. The van der Waals surface area contributed by atoms with Crippen LogP contribution in [0, 0.1) is 0 Å². The molecule has 1 atom stereocenters. The molecule has 1 aromatic heterocycles. The number of rotatable bonds is 7. The smallest absolute Gasteiger partial charge is 0.252 e. The van der Waals surface area contributed by atoms with Crippen molar-refractivity contribution in [1.82, 2.24) is 15.6 Å². The van der Waals surface area contributed by atoms with Crippen molar-refractivity contribution in [2.75, 3.05) is 6.54 Å². The molecular formula is C17H18N4O3. The van der Waals surface area contributed by atoms with E-state index < -0.39 is 23.8 Å². The third-order valence-corrected chi connectivity index (χ3v) is 3.28. The van der Waals surface area contributed by atoms with Gasteiger partial charge in [0.15, 0.2) is 0 Å². The SMILES string of the molecule is NC(=O)CNC(=O)C(Cc1ccccc1)NC(=O)c1ccncc1. The number of aromatic nitrogens is 1. The average Bonchev–Trinajstić information content (AvgIpc) is 2.60. The van der Waals surface area contributed by atoms with Gasteiger partial charge < -0.3 is 16.4 Å². The summed E-state index contributed by atoms with van der Waals surface area (Å²) in [7, 11) is 0. The van der Waals surface area contributed by atoms with E-state index in [-0.39, 0.29) is 6.54 Å². The zero-order valence-electron chi connectivity index (χ0n) is 12.9. The lowest BCUT2D eigenvalue weighted by Gasteiger charge is -2.18. The van der Waals surface area contributed by atoms with Gasteiger partial charge in [-0.2, -0.15) is 0 Å². The van der Waals surface area contributed by atoms with Crippen molar-refractivity contribution in [3.05, 3.63) is 66.0 Å². The van der Waals surface area contributed by atoms with Crippen molar-refractivity contribution >= 4 is 17.7 Å². The van der Waals surface area contributed by atoms with Crippen LogP contribution in [-0.4, -0.2) is 35.3 Å². The molecule has 0 aliphatic rings. The number of amides is 3. The Morgan fingerprint density at radius 1 is 1.04 bits per heavy atom. The van der Waals surface area contributed by atoms with Crippen molar-refractivity contribution in [3.8, 4) is 0 Å².